The standard InChI is InChI=1S/C39H37N3O6S/c1-6-46-31-20-16-27(17-21-31)35-33(38(45)48-8-3)34(26-12-10-9-11-13-26)40-39-42(35)36(43)32(49-39)23-29-22-24(4)41(25(29)5)30-18-14-28(15-19-30)37(44)47-7-2/h9-23,35H,6-8H2,1-5H3/b32-23-/t35-/m0/s1. The van der Waals surface area contributed by atoms with Crippen molar-refractivity contribution in [3.8, 4) is 11.4 Å². The number of ether oxygens (including phenoxy) is 3. The Morgan fingerprint density at radius 2 is 1.53 bits per heavy atom. The molecule has 5 aromatic rings. The van der Waals surface area contributed by atoms with Gasteiger partial charge in [-0.1, -0.05) is 53.8 Å². The Kier molecular flexibility index (Phi) is 9.77. The molecule has 2 aromatic heterocycles. The Labute approximate surface area is 288 Å². The van der Waals surface area contributed by atoms with E-state index >= 15 is 0 Å². The minimum absolute atomic E-state index is 0.173. The van der Waals surface area contributed by atoms with Crippen LogP contribution >= 0.6 is 11.3 Å². The highest BCUT2D eigenvalue weighted by Gasteiger charge is 2.35. The third-order valence-electron chi connectivity index (χ3n) is 8.27. The molecule has 3 aromatic carbocycles. The van der Waals surface area contributed by atoms with Crippen molar-refractivity contribution in [2.45, 2.75) is 40.7 Å². The van der Waals surface area contributed by atoms with Gasteiger partial charge in [0.15, 0.2) is 4.80 Å². The van der Waals surface area contributed by atoms with E-state index in [9.17, 15) is 14.4 Å². The Morgan fingerprint density at radius 1 is 0.857 bits per heavy atom. The van der Waals surface area contributed by atoms with Gasteiger partial charge < -0.3 is 18.8 Å². The van der Waals surface area contributed by atoms with Gasteiger partial charge in [-0.05, 0) is 94.3 Å². The van der Waals surface area contributed by atoms with Crippen molar-refractivity contribution in [3.05, 3.63) is 144 Å². The first-order valence-corrected chi connectivity index (χ1v) is 17.0. The quantitative estimate of drug-likeness (QED) is 0.171. The van der Waals surface area contributed by atoms with Crippen LogP contribution in [0.2, 0.25) is 0 Å². The van der Waals surface area contributed by atoms with Crippen molar-refractivity contribution in [1.29, 1.82) is 0 Å². The summed E-state index contributed by atoms with van der Waals surface area (Å²) >= 11 is 1.28. The molecule has 9 nitrogen and oxygen atoms in total. The lowest BCUT2D eigenvalue weighted by Crippen LogP contribution is -2.40. The van der Waals surface area contributed by atoms with Crippen LogP contribution in [-0.2, 0) is 14.3 Å². The van der Waals surface area contributed by atoms with Crippen LogP contribution in [0.15, 0.2) is 100 Å². The lowest BCUT2D eigenvalue weighted by atomic mass is 9.93. The maximum atomic E-state index is 14.4. The molecule has 1 atom stereocenters. The van der Waals surface area contributed by atoms with Gasteiger partial charge in [0.05, 0.1) is 47.2 Å². The van der Waals surface area contributed by atoms with E-state index in [0.717, 1.165) is 33.8 Å². The van der Waals surface area contributed by atoms with Crippen molar-refractivity contribution < 1.29 is 23.8 Å². The number of hydrogen-bond donors (Lipinski definition) is 0. The van der Waals surface area contributed by atoms with E-state index in [0.29, 0.717) is 45.1 Å². The zero-order chi connectivity index (χ0) is 34.7. The molecule has 0 bridgehead atoms. The SMILES string of the molecule is CCOC(=O)C1=C(c2ccccc2)N=c2s/c(=C\c3cc(C)n(-c4ccc(C(=O)OCC)cc4)c3C)c(=O)n2[C@H]1c1ccc(OCC)cc1. The third kappa shape index (κ3) is 6.51. The van der Waals surface area contributed by atoms with Crippen LogP contribution in [0.1, 0.15) is 65.2 Å². The van der Waals surface area contributed by atoms with Gasteiger partial charge in [0, 0.05) is 22.6 Å². The van der Waals surface area contributed by atoms with Gasteiger partial charge in [-0.15, -0.1) is 0 Å². The van der Waals surface area contributed by atoms with Crippen LogP contribution in [0, 0.1) is 13.8 Å². The van der Waals surface area contributed by atoms with Gasteiger partial charge in [-0.25, -0.2) is 14.6 Å². The number of benzene rings is 3. The van der Waals surface area contributed by atoms with E-state index in [2.05, 4.69) is 4.57 Å². The first kappa shape index (κ1) is 33.4. The maximum Gasteiger partial charge on any atom is 0.338 e. The van der Waals surface area contributed by atoms with Crippen LogP contribution in [-0.4, -0.2) is 40.9 Å². The molecule has 1 aliphatic rings. The van der Waals surface area contributed by atoms with Crippen LogP contribution in [0.4, 0.5) is 0 Å². The molecule has 1 aliphatic heterocycles. The normalized spacial score (nSPS) is 14.3. The van der Waals surface area contributed by atoms with Gasteiger partial charge in [-0.3, -0.25) is 9.36 Å². The number of hydrogen-bond acceptors (Lipinski definition) is 8. The molecular formula is C39H37N3O6S. The highest BCUT2D eigenvalue weighted by atomic mass is 32.1. The summed E-state index contributed by atoms with van der Waals surface area (Å²) in [6.45, 7) is 10.4. The summed E-state index contributed by atoms with van der Waals surface area (Å²) in [7, 11) is 0. The molecule has 3 heterocycles. The summed E-state index contributed by atoms with van der Waals surface area (Å²) in [5, 5.41) is 0. The number of fused-ring (bicyclic) bond motifs is 1. The molecule has 49 heavy (non-hydrogen) atoms. The molecule has 0 unspecified atom stereocenters. The first-order chi connectivity index (χ1) is 23.7. The molecule has 0 radical (unpaired) electrons. The molecule has 0 amide bonds. The highest BCUT2D eigenvalue weighted by molar-refractivity contribution is 7.07. The lowest BCUT2D eigenvalue weighted by molar-refractivity contribution is -0.138. The predicted molar refractivity (Wildman–Crippen MR) is 190 cm³/mol. The second-order valence-corrected chi connectivity index (χ2v) is 12.4. The van der Waals surface area contributed by atoms with Crippen LogP contribution in [0.3, 0.4) is 0 Å². The lowest BCUT2D eigenvalue weighted by Gasteiger charge is -2.26. The predicted octanol–water partition coefficient (Wildman–Crippen LogP) is 5.92. The molecule has 0 spiro atoms. The number of aryl methyl sites for hydroxylation is 1. The summed E-state index contributed by atoms with van der Waals surface area (Å²) < 4.78 is 20.5. The number of carbonyl (C=O) groups is 2. The van der Waals surface area contributed by atoms with Crippen LogP contribution in [0.25, 0.3) is 17.5 Å². The number of nitrogens with zero attached hydrogens (tertiary/aromatic N) is 3. The first-order valence-electron chi connectivity index (χ1n) is 16.2. The Morgan fingerprint density at radius 3 is 2.18 bits per heavy atom. The summed E-state index contributed by atoms with van der Waals surface area (Å²) in [6, 6.07) is 25.4. The second kappa shape index (κ2) is 14.3. The summed E-state index contributed by atoms with van der Waals surface area (Å²) in [4.78, 5) is 45.8. The largest absolute Gasteiger partial charge is 0.494 e. The smallest absolute Gasteiger partial charge is 0.338 e. The third-order valence-corrected chi connectivity index (χ3v) is 9.26. The van der Waals surface area contributed by atoms with Gasteiger partial charge in [0.1, 0.15) is 5.75 Å². The van der Waals surface area contributed by atoms with Crippen LogP contribution in [0.5, 0.6) is 5.75 Å². The van der Waals surface area contributed by atoms with E-state index in [-0.39, 0.29) is 18.1 Å². The molecule has 10 heteroatoms. The minimum atomic E-state index is -0.784. The zero-order valence-electron chi connectivity index (χ0n) is 28.1. The number of carbonyl (C=O) groups excluding carboxylic acids is 2. The minimum Gasteiger partial charge on any atom is -0.494 e. The average molecular weight is 676 g/mol. The summed E-state index contributed by atoms with van der Waals surface area (Å²) in [6.07, 6.45) is 1.88. The van der Waals surface area contributed by atoms with Crippen molar-refractivity contribution >= 4 is 35.0 Å². The summed E-state index contributed by atoms with van der Waals surface area (Å²) in [5.41, 5.74) is 6.08. The molecule has 0 aliphatic carbocycles. The Balaban J connectivity index is 1.52. The number of rotatable bonds is 10. The molecule has 0 saturated carbocycles. The van der Waals surface area contributed by atoms with Gasteiger partial charge in [0.2, 0.25) is 0 Å². The molecule has 6 rings (SSSR count). The number of aromatic nitrogens is 2. The highest BCUT2D eigenvalue weighted by Crippen LogP contribution is 2.36. The fourth-order valence-corrected chi connectivity index (χ4v) is 7.09. The Bertz CT molecular complexity index is 2230. The molecular weight excluding hydrogens is 639 g/mol. The van der Waals surface area contributed by atoms with Crippen molar-refractivity contribution in [2.75, 3.05) is 19.8 Å². The topological polar surface area (TPSA) is 101 Å². The van der Waals surface area contributed by atoms with Gasteiger partial charge in [-0.2, -0.15) is 0 Å². The van der Waals surface area contributed by atoms with Crippen molar-refractivity contribution in [2.24, 2.45) is 4.99 Å². The fraction of sp³-hybridized carbons (Fsp3) is 0.231. The van der Waals surface area contributed by atoms with Crippen LogP contribution < -0.4 is 19.6 Å². The van der Waals surface area contributed by atoms with Crippen molar-refractivity contribution in [1.82, 2.24) is 9.13 Å². The maximum absolute atomic E-state index is 14.4. The van der Waals surface area contributed by atoms with E-state index in [1.807, 2.05) is 99.6 Å². The second-order valence-electron chi connectivity index (χ2n) is 11.4. The fourth-order valence-electron chi connectivity index (χ4n) is 6.10. The van der Waals surface area contributed by atoms with E-state index in [4.69, 9.17) is 19.2 Å². The number of thiazole rings is 1. The number of esters is 2. The Hall–Kier alpha value is -5.48. The summed E-state index contributed by atoms with van der Waals surface area (Å²) in [5.74, 6) is -0.207. The average Bonchev–Trinajstić information content (AvgIpc) is 3.57. The van der Waals surface area contributed by atoms with Gasteiger partial charge >= 0.3 is 11.9 Å². The van der Waals surface area contributed by atoms with E-state index in [1.54, 1.807) is 30.5 Å². The molecule has 0 fully saturated rings. The molecule has 250 valence electrons. The zero-order valence-corrected chi connectivity index (χ0v) is 28.9. The monoisotopic (exact) mass is 675 g/mol. The van der Waals surface area contributed by atoms with E-state index < -0.39 is 12.0 Å². The molecule has 0 N–H and O–H groups in total. The van der Waals surface area contributed by atoms with Crippen molar-refractivity contribution in [3.63, 3.8) is 0 Å². The molecule has 0 saturated heterocycles. The van der Waals surface area contributed by atoms with E-state index in [1.165, 1.54) is 11.3 Å². The van der Waals surface area contributed by atoms with Gasteiger partial charge in [0.25, 0.3) is 5.56 Å².